The van der Waals surface area contributed by atoms with Gasteiger partial charge in [-0.05, 0) is 57.8 Å². The minimum Gasteiger partial charge on any atom is -1.00 e. The lowest BCUT2D eigenvalue weighted by Crippen LogP contribution is -3.00. The van der Waals surface area contributed by atoms with E-state index in [1.807, 2.05) is 0 Å². The van der Waals surface area contributed by atoms with Crippen molar-refractivity contribution in [3.63, 3.8) is 0 Å². The van der Waals surface area contributed by atoms with Crippen molar-refractivity contribution in [3.8, 4) is 0 Å². The third-order valence-corrected chi connectivity index (χ3v) is 5.69. The van der Waals surface area contributed by atoms with E-state index in [1.165, 1.54) is 106 Å². The van der Waals surface area contributed by atoms with Crippen molar-refractivity contribution >= 4 is 0 Å². The van der Waals surface area contributed by atoms with Gasteiger partial charge in [-0.3, -0.25) is 0 Å². The first kappa shape index (κ1) is 21.9. The van der Waals surface area contributed by atoms with Crippen molar-refractivity contribution in [1.82, 2.24) is 0 Å². The Hall–Kier alpha value is 0.880. The quantitative estimate of drug-likeness (QED) is 0.323. The van der Waals surface area contributed by atoms with E-state index in [4.69, 9.17) is 0 Å². The molecular formula is C17H36Br2N2. The molecule has 4 heteroatoms. The Morgan fingerprint density at radius 3 is 1.19 bits per heavy atom. The fraction of sp³-hybridized carbons (Fsp3) is 1.00. The van der Waals surface area contributed by atoms with E-state index >= 15 is 0 Å². The lowest BCUT2D eigenvalue weighted by Gasteiger charge is -2.39. The third-order valence-electron chi connectivity index (χ3n) is 5.69. The molecule has 21 heavy (non-hydrogen) atoms. The second-order valence-electron chi connectivity index (χ2n) is 7.76. The largest absolute Gasteiger partial charge is 1.00 e. The molecule has 0 atom stereocenters. The van der Waals surface area contributed by atoms with Crippen LogP contribution in [0.3, 0.4) is 0 Å². The van der Waals surface area contributed by atoms with E-state index in [0.29, 0.717) is 0 Å². The average molecular weight is 428 g/mol. The first-order chi connectivity index (χ1) is 9.12. The number of halogens is 2. The van der Waals surface area contributed by atoms with Gasteiger partial charge in [-0.25, -0.2) is 0 Å². The highest BCUT2D eigenvalue weighted by Crippen LogP contribution is 2.19. The molecule has 0 N–H and O–H groups in total. The van der Waals surface area contributed by atoms with E-state index in [-0.39, 0.29) is 34.0 Å². The molecule has 0 aliphatic carbocycles. The average Bonchev–Trinajstić information content (AvgIpc) is 2.40. The molecule has 0 aromatic heterocycles. The van der Waals surface area contributed by atoms with Crippen LogP contribution in [0, 0.1) is 0 Å². The van der Waals surface area contributed by atoms with Crippen molar-refractivity contribution in [1.29, 1.82) is 0 Å². The summed E-state index contributed by atoms with van der Waals surface area (Å²) in [5.41, 5.74) is 0. The molecule has 2 aliphatic rings. The smallest absolute Gasteiger partial charge is 0.0784 e. The Bertz CT molecular complexity index is 234. The van der Waals surface area contributed by atoms with Crippen LogP contribution < -0.4 is 34.0 Å². The van der Waals surface area contributed by atoms with E-state index in [1.54, 1.807) is 0 Å². The Morgan fingerprint density at radius 1 is 0.524 bits per heavy atom. The van der Waals surface area contributed by atoms with Gasteiger partial charge in [0.1, 0.15) is 0 Å². The highest BCUT2D eigenvalue weighted by molar-refractivity contribution is 4.54. The molecule has 2 aliphatic heterocycles. The Kier molecular flexibility index (Phi) is 11.1. The molecule has 0 aromatic rings. The number of unbranched alkanes of at least 4 members (excludes halogenated alkanes) is 2. The first-order valence-corrected chi connectivity index (χ1v) is 8.79. The topological polar surface area (TPSA) is 0 Å². The summed E-state index contributed by atoms with van der Waals surface area (Å²) in [6.07, 6.45) is 13.2. The number of hydrogen-bond donors (Lipinski definition) is 0. The molecule has 0 aromatic carbocycles. The van der Waals surface area contributed by atoms with Crippen LogP contribution in [0.5, 0.6) is 0 Å². The van der Waals surface area contributed by atoms with E-state index in [9.17, 15) is 0 Å². The second-order valence-corrected chi connectivity index (χ2v) is 7.76. The van der Waals surface area contributed by atoms with Crippen LogP contribution in [0.4, 0.5) is 0 Å². The van der Waals surface area contributed by atoms with Gasteiger partial charge < -0.3 is 42.9 Å². The molecule has 2 rings (SSSR count). The summed E-state index contributed by atoms with van der Waals surface area (Å²) in [7, 11) is 4.97. The van der Waals surface area contributed by atoms with Crippen molar-refractivity contribution in [3.05, 3.63) is 0 Å². The second kappa shape index (κ2) is 10.6. The number of rotatable bonds is 6. The highest BCUT2D eigenvalue weighted by Gasteiger charge is 2.25. The molecule has 0 spiro atoms. The summed E-state index contributed by atoms with van der Waals surface area (Å²) in [5.74, 6) is 0. The van der Waals surface area contributed by atoms with Gasteiger partial charge in [-0.1, -0.05) is 0 Å². The maximum atomic E-state index is 2.48. The standard InChI is InChI=1S/C17H36N2.2BrH/c1-18(12-6-3-7-13-18)16-10-5-11-17-19(2)14-8-4-9-15-19;;/h3-17H2,1-2H3;2*1H/q+2;;/p-2. The lowest BCUT2D eigenvalue weighted by molar-refractivity contribution is -0.916. The van der Waals surface area contributed by atoms with Crippen LogP contribution in [0.15, 0.2) is 0 Å². The SMILES string of the molecule is C[N+]1(CCCCC[N+]2(C)CCCCC2)CCCCC1.[Br-].[Br-]. The molecule has 0 amide bonds. The number of likely N-dealkylation sites (tertiary alicyclic amines) is 2. The maximum absolute atomic E-state index is 2.48. The normalized spacial score (nSPS) is 23.7. The third kappa shape index (κ3) is 7.81. The fourth-order valence-electron chi connectivity index (χ4n) is 4.16. The van der Waals surface area contributed by atoms with Gasteiger partial charge >= 0.3 is 0 Å². The van der Waals surface area contributed by atoms with Gasteiger partial charge in [0.25, 0.3) is 0 Å². The first-order valence-electron chi connectivity index (χ1n) is 8.79. The van der Waals surface area contributed by atoms with Gasteiger partial charge in [-0.15, -0.1) is 0 Å². The highest BCUT2D eigenvalue weighted by atomic mass is 79.9. The fourth-order valence-corrected chi connectivity index (χ4v) is 4.16. The molecule has 2 nitrogen and oxygen atoms in total. The molecular weight excluding hydrogens is 392 g/mol. The monoisotopic (exact) mass is 426 g/mol. The molecule has 0 bridgehead atoms. The zero-order chi connectivity index (χ0) is 13.6. The molecule has 2 saturated heterocycles. The van der Waals surface area contributed by atoms with E-state index in [2.05, 4.69) is 14.1 Å². The molecule has 2 heterocycles. The predicted molar refractivity (Wildman–Crippen MR) is 83.1 cm³/mol. The van der Waals surface area contributed by atoms with E-state index in [0.717, 1.165) is 0 Å². The molecule has 0 unspecified atom stereocenters. The Morgan fingerprint density at radius 2 is 0.857 bits per heavy atom. The number of nitrogens with zero attached hydrogens (tertiary/aromatic N) is 2. The summed E-state index contributed by atoms with van der Waals surface area (Å²) in [5, 5.41) is 0. The van der Waals surface area contributed by atoms with Crippen LogP contribution in [0.1, 0.15) is 57.8 Å². The summed E-state index contributed by atoms with van der Waals surface area (Å²) < 4.78 is 2.73. The van der Waals surface area contributed by atoms with Crippen molar-refractivity contribution < 1.29 is 42.9 Å². The Labute approximate surface area is 154 Å². The lowest BCUT2D eigenvalue weighted by atomic mass is 10.1. The van der Waals surface area contributed by atoms with Crippen LogP contribution in [-0.4, -0.2) is 62.3 Å². The van der Waals surface area contributed by atoms with Crippen molar-refractivity contribution in [2.45, 2.75) is 57.8 Å². The van der Waals surface area contributed by atoms with Gasteiger partial charge in [0, 0.05) is 0 Å². The van der Waals surface area contributed by atoms with Gasteiger partial charge in [0.15, 0.2) is 0 Å². The van der Waals surface area contributed by atoms with Gasteiger partial charge in [-0.2, -0.15) is 0 Å². The summed E-state index contributed by atoms with van der Waals surface area (Å²) >= 11 is 0. The van der Waals surface area contributed by atoms with Gasteiger partial charge in [0.05, 0.1) is 53.4 Å². The molecule has 0 saturated carbocycles. The maximum Gasteiger partial charge on any atom is 0.0784 e. The van der Waals surface area contributed by atoms with Crippen LogP contribution in [-0.2, 0) is 0 Å². The van der Waals surface area contributed by atoms with E-state index < -0.39 is 0 Å². The summed E-state index contributed by atoms with van der Waals surface area (Å²) in [6, 6.07) is 0. The van der Waals surface area contributed by atoms with Crippen molar-refractivity contribution in [2.24, 2.45) is 0 Å². The van der Waals surface area contributed by atoms with Crippen LogP contribution in [0.25, 0.3) is 0 Å². The molecule has 128 valence electrons. The molecule has 2 fully saturated rings. The number of quaternary nitrogens is 2. The zero-order valence-electron chi connectivity index (χ0n) is 14.3. The van der Waals surface area contributed by atoms with Crippen LogP contribution in [0.2, 0.25) is 0 Å². The minimum atomic E-state index is 0. The Balaban J connectivity index is 0.00000200. The minimum absolute atomic E-state index is 0. The van der Waals surface area contributed by atoms with Crippen molar-refractivity contribution in [2.75, 3.05) is 53.4 Å². The number of piperidine rings is 2. The van der Waals surface area contributed by atoms with Gasteiger partial charge in [0.2, 0.25) is 0 Å². The molecule has 0 radical (unpaired) electrons. The predicted octanol–water partition coefficient (Wildman–Crippen LogP) is -2.57. The zero-order valence-corrected chi connectivity index (χ0v) is 17.4. The number of hydrogen-bond acceptors (Lipinski definition) is 0. The summed E-state index contributed by atoms with van der Waals surface area (Å²) in [4.78, 5) is 0. The summed E-state index contributed by atoms with van der Waals surface area (Å²) in [6.45, 7) is 8.62. The van der Waals surface area contributed by atoms with Crippen LogP contribution >= 0.6 is 0 Å².